The molecule has 2 atom stereocenters. The van der Waals surface area contributed by atoms with Crippen molar-refractivity contribution >= 4 is 0 Å². The first-order valence-electron chi connectivity index (χ1n) is 7.86. The first-order chi connectivity index (χ1) is 10.7. The van der Waals surface area contributed by atoms with Crippen LogP contribution in [0, 0.1) is 0 Å². The van der Waals surface area contributed by atoms with E-state index < -0.39 is 5.72 Å². The minimum atomic E-state index is -0.558. The zero-order valence-electron chi connectivity index (χ0n) is 12.8. The van der Waals surface area contributed by atoms with Crippen LogP contribution in [-0.2, 0) is 22.7 Å². The van der Waals surface area contributed by atoms with Crippen molar-refractivity contribution in [2.75, 3.05) is 0 Å². The maximum Gasteiger partial charge on any atom is 0.119 e. The highest BCUT2D eigenvalue weighted by molar-refractivity contribution is 5.14. The van der Waals surface area contributed by atoms with Crippen LogP contribution in [0.25, 0.3) is 0 Å². The van der Waals surface area contributed by atoms with Gasteiger partial charge in [0.1, 0.15) is 5.72 Å². The summed E-state index contributed by atoms with van der Waals surface area (Å²) in [4.78, 5) is 0. The van der Waals surface area contributed by atoms with Crippen LogP contribution in [0.4, 0.5) is 0 Å². The van der Waals surface area contributed by atoms with Gasteiger partial charge in [-0.25, -0.2) is 0 Å². The number of hydrogen-bond acceptors (Lipinski definition) is 3. The fourth-order valence-electron chi connectivity index (χ4n) is 2.86. The lowest BCUT2D eigenvalue weighted by atomic mass is 10.2. The molecule has 0 saturated heterocycles. The van der Waals surface area contributed by atoms with Crippen LogP contribution in [0.15, 0.2) is 60.7 Å². The molecule has 0 aliphatic heterocycles. The highest BCUT2D eigenvalue weighted by Crippen LogP contribution is 2.32. The summed E-state index contributed by atoms with van der Waals surface area (Å²) in [6.07, 6.45) is 2.74. The molecule has 0 unspecified atom stereocenters. The van der Waals surface area contributed by atoms with E-state index in [9.17, 15) is 0 Å². The second-order valence-electron chi connectivity index (χ2n) is 6.00. The average molecular weight is 297 g/mol. The molecule has 22 heavy (non-hydrogen) atoms. The summed E-state index contributed by atoms with van der Waals surface area (Å²) in [6, 6.07) is 20.4. The number of ether oxygens (including phenoxy) is 2. The van der Waals surface area contributed by atoms with Crippen LogP contribution in [0.1, 0.15) is 30.4 Å². The molecular formula is C19H23NO2. The summed E-state index contributed by atoms with van der Waals surface area (Å²) < 4.78 is 11.9. The standard InChI is InChI=1S/C19H23NO2/c20-19(22-15-17-9-5-2-6-10-17)12-11-18(13-19)21-14-16-7-3-1-4-8-16/h1-10,18H,11-15,20H2/t18-,19+/m0/s1. The number of hydrogen-bond donors (Lipinski definition) is 1. The van der Waals surface area contributed by atoms with E-state index in [-0.39, 0.29) is 6.10 Å². The topological polar surface area (TPSA) is 44.5 Å². The third-order valence-corrected chi connectivity index (χ3v) is 4.16. The van der Waals surface area contributed by atoms with Crippen LogP contribution in [0.3, 0.4) is 0 Å². The van der Waals surface area contributed by atoms with E-state index >= 15 is 0 Å². The lowest BCUT2D eigenvalue weighted by Gasteiger charge is -2.25. The van der Waals surface area contributed by atoms with Crippen molar-refractivity contribution < 1.29 is 9.47 Å². The van der Waals surface area contributed by atoms with Gasteiger partial charge < -0.3 is 15.2 Å². The van der Waals surface area contributed by atoms with Gasteiger partial charge in [0.25, 0.3) is 0 Å². The van der Waals surface area contributed by atoms with Gasteiger partial charge in [0.05, 0.1) is 19.3 Å². The van der Waals surface area contributed by atoms with Crippen LogP contribution in [-0.4, -0.2) is 11.8 Å². The maximum atomic E-state index is 6.36. The van der Waals surface area contributed by atoms with Crippen molar-refractivity contribution in [1.82, 2.24) is 0 Å². The highest BCUT2D eigenvalue weighted by Gasteiger charge is 2.37. The van der Waals surface area contributed by atoms with E-state index in [4.69, 9.17) is 15.2 Å². The number of rotatable bonds is 6. The molecule has 1 saturated carbocycles. The fraction of sp³-hybridized carbons (Fsp3) is 0.368. The first-order valence-corrected chi connectivity index (χ1v) is 7.86. The molecule has 2 aromatic rings. The predicted molar refractivity (Wildman–Crippen MR) is 87.0 cm³/mol. The summed E-state index contributed by atoms with van der Waals surface area (Å²) in [5.41, 5.74) is 8.16. The molecule has 3 rings (SSSR count). The smallest absolute Gasteiger partial charge is 0.119 e. The van der Waals surface area contributed by atoms with Crippen LogP contribution in [0.2, 0.25) is 0 Å². The minimum absolute atomic E-state index is 0.181. The molecule has 0 bridgehead atoms. The Morgan fingerprint density at radius 2 is 1.50 bits per heavy atom. The molecule has 1 aliphatic carbocycles. The molecule has 116 valence electrons. The van der Waals surface area contributed by atoms with Crippen LogP contribution >= 0.6 is 0 Å². The van der Waals surface area contributed by atoms with Gasteiger partial charge in [-0.3, -0.25) is 0 Å². The second-order valence-corrected chi connectivity index (χ2v) is 6.00. The van der Waals surface area contributed by atoms with Gasteiger partial charge in [0.15, 0.2) is 0 Å². The van der Waals surface area contributed by atoms with Crippen LogP contribution < -0.4 is 5.73 Å². The van der Waals surface area contributed by atoms with Crippen molar-refractivity contribution in [3.63, 3.8) is 0 Å². The molecule has 0 aromatic heterocycles. The Bertz CT molecular complexity index is 573. The summed E-state index contributed by atoms with van der Waals surface area (Å²) in [5, 5.41) is 0. The molecule has 2 aromatic carbocycles. The average Bonchev–Trinajstić information content (AvgIpc) is 2.95. The largest absolute Gasteiger partial charge is 0.373 e. The molecule has 0 spiro atoms. The molecule has 1 fully saturated rings. The van der Waals surface area contributed by atoms with Crippen molar-refractivity contribution in [1.29, 1.82) is 0 Å². The van der Waals surface area contributed by atoms with Gasteiger partial charge in [0.2, 0.25) is 0 Å². The quantitative estimate of drug-likeness (QED) is 0.828. The Labute approximate surface area is 132 Å². The zero-order chi connectivity index (χ0) is 15.3. The van der Waals surface area contributed by atoms with E-state index in [1.165, 1.54) is 5.56 Å². The predicted octanol–water partition coefficient (Wildman–Crippen LogP) is 3.63. The van der Waals surface area contributed by atoms with E-state index in [2.05, 4.69) is 24.3 Å². The lowest BCUT2D eigenvalue weighted by Crippen LogP contribution is -2.40. The van der Waals surface area contributed by atoms with Gasteiger partial charge in [0, 0.05) is 6.42 Å². The van der Waals surface area contributed by atoms with Crippen molar-refractivity contribution in [3.8, 4) is 0 Å². The van der Waals surface area contributed by atoms with Crippen molar-refractivity contribution in [2.24, 2.45) is 5.73 Å². The Kier molecular flexibility index (Phi) is 4.88. The minimum Gasteiger partial charge on any atom is -0.373 e. The van der Waals surface area contributed by atoms with Crippen LogP contribution in [0.5, 0.6) is 0 Å². The molecular weight excluding hydrogens is 274 g/mol. The van der Waals surface area contributed by atoms with Gasteiger partial charge in [-0.1, -0.05) is 60.7 Å². The summed E-state index contributed by atoms with van der Waals surface area (Å²) in [6.45, 7) is 1.20. The molecule has 0 radical (unpaired) electrons. The Hall–Kier alpha value is -1.68. The third-order valence-electron chi connectivity index (χ3n) is 4.16. The number of benzene rings is 2. The Balaban J connectivity index is 1.46. The van der Waals surface area contributed by atoms with E-state index in [0.29, 0.717) is 13.2 Å². The van der Waals surface area contributed by atoms with Crippen molar-refractivity contribution in [3.05, 3.63) is 71.8 Å². The summed E-state index contributed by atoms with van der Waals surface area (Å²) in [7, 11) is 0. The fourth-order valence-corrected chi connectivity index (χ4v) is 2.86. The van der Waals surface area contributed by atoms with E-state index in [0.717, 1.165) is 24.8 Å². The molecule has 0 heterocycles. The Morgan fingerprint density at radius 1 is 0.909 bits per heavy atom. The molecule has 1 aliphatic rings. The summed E-state index contributed by atoms with van der Waals surface area (Å²) >= 11 is 0. The van der Waals surface area contributed by atoms with Gasteiger partial charge in [-0.2, -0.15) is 0 Å². The lowest BCUT2D eigenvalue weighted by molar-refractivity contribution is -0.0615. The zero-order valence-corrected chi connectivity index (χ0v) is 12.8. The Morgan fingerprint density at radius 3 is 2.14 bits per heavy atom. The molecule has 3 nitrogen and oxygen atoms in total. The SMILES string of the molecule is N[C@@]1(OCc2ccccc2)CC[C@H](OCc2ccccc2)C1. The number of nitrogens with two attached hydrogens (primary N) is 1. The normalized spacial score (nSPS) is 24.5. The summed E-state index contributed by atoms with van der Waals surface area (Å²) in [5.74, 6) is 0. The van der Waals surface area contributed by atoms with Gasteiger partial charge in [-0.05, 0) is 24.0 Å². The van der Waals surface area contributed by atoms with Gasteiger partial charge in [-0.15, -0.1) is 0 Å². The van der Waals surface area contributed by atoms with Gasteiger partial charge >= 0.3 is 0 Å². The monoisotopic (exact) mass is 297 g/mol. The van der Waals surface area contributed by atoms with Crippen molar-refractivity contribution in [2.45, 2.75) is 44.3 Å². The maximum absolute atomic E-state index is 6.36. The molecule has 3 heteroatoms. The second kappa shape index (κ2) is 7.05. The molecule has 2 N–H and O–H groups in total. The van der Waals surface area contributed by atoms with E-state index in [1.54, 1.807) is 0 Å². The first kappa shape index (κ1) is 15.2. The highest BCUT2D eigenvalue weighted by atomic mass is 16.5. The molecule has 0 amide bonds. The van der Waals surface area contributed by atoms with E-state index in [1.807, 2.05) is 36.4 Å². The third kappa shape index (κ3) is 4.17.